The van der Waals surface area contributed by atoms with Crippen molar-refractivity contribution in [2.75, 3.05) is 18.5 Å². The molecule has 1 aliphatic rings. The van der Waals surface area contributed by atoms with E-state index in [1.165, 1.54) is 29.2 Å². The number of hydrogen-bond acceptors (Lipinski definition) is 4. The highest BCUT2D eigenvalue weighted by atomic mass is 19.1. The zero-order valence-electron chi connectivity index (χ0n) is 16.2. The van der Waals surface area contributed by atoms with E-state index in [0.717, 1.165) is 5.56 Å². The van der Waals surface area contributed by atoms with Crippen LogP contribution in [0.5, 0.6) is 0 Å². The topological polar surface area (TPSA) is 58.6 Å². The smallest absolute Gasteiger partial charge is 0.278 e. The van der Waals surface area contributed by atoms with Gasteiger partial charge in [-0.3, -0.25) is 14.5 Å². The molecule has 2 aromatic rings. The van der Waals surface area contributed by atoms with Crippen LogP contribution in [-0.4, -0.2) is 36.0 Å². The molecule has 0 aromatic heterocycles. The molecule has 0 saturated carbocycles. The van der Waals surface area contributed by atoms with Gasteiger partial charge in [0.15, 0.2) is 0 Å². The minimum absolute atomic E-state index is 0.00847. The number of nitrogens with zero attached hydrogens (tertiary/aromatic N) is 1. The van der Waals surface area contributed by atoms with Crippen LogP contribution >= 0.6 is 0 Å². The Bertz CT molecular complexity index is 902. The number of amides is 2. The van der Waals surface area contributed by atoms with E-state index in [1.807, 2.05) is 45.0 Å². The van der Waals surface area contributed by atoms with Gasteiger partial charge in [-0.1, -0.05) is 29.8 Å². The number of imide groups is 1. The van der Waals surface area contributed by atoms with E-state index < -0.39 is 5.91 Å². The first kappa shape index (κ1) is 19.8. The Balaban J connectivity index is 1.94. The maximum Gasteiger partial charge on any atom is 0.278 e. The lowest BCUT2D eigenvalue weighted by atomic mass is 10.0. The molecule has 2 aromatic carbocycles. The van der Waals surface area contributed by atoms with Crippen molar-refractivity contribution in [3.8, 4) is 0 Å². The Kier molecular flexibility index (Phi) is 5.90. The van der Waals surface area contributed by atoms with E-state index in [4.69, 9.17) is 4.74 Å². The second-order valence-corrected chi connectivity index (χ2v) is 6.93. The minimum atomic E-state index is -0.419. The summed E-state index contributed by atoms with van der Waals surface area (Å²) in [5.74, 6) is -1.16. The zero-order chi connectivity index (χ0) is 20.3. The molecule has 0 atom stereocenters. The number of ether oxygens (including phenoxy) is 1. The first-order chi connectivity index (χ1) is 13.4. The number of aryl methyl sites for hydroxylation is 1. The summed E-state index contributed by atoms with van der Waals surface area (Å²) in [5, 5.41) is 3.00. The molecule has 0 spiro atoms. The molecule has 0 radical (unpaired) electrons. The maximum absolute atomic E-state index is 13.2. The number of nitrogens with one attached hydrogen (secondary N) is 1. The normalized spacial score (nSPS) is 14.4. The summed E-state index contributed by atoms with van der Waals surface area (Å²) in [7, 11) is 0. The van der Waals surface area contributed by atoms with Crippen LogP contribution in [0.4, 0.5) is 10.1 Å². The van der Waals surface area contributed by atoms with Gasteiger partial charge in [-0.25, -0.2) is 4.39 Å². The quantitative estimate of drug-likeness (QED) is 0.741. The summed E-state index contributed by atoms with van der Waals surface area (Å²) in [6.45, 7) is 6.17. The number of benzene rings is 2. The molecule has 5 nitrogen and oxygen atoms in total. The Hall–Kier alpha value is -2.99. The summed E-state index contributed by atoms with van der Waals surface area (Å²) < 4.78 is 18.7. The molecule has 1 N–H and O–H groups in total. The molecule has 2 amide bonds. The van der Waals surface area contributed by atoms with Gasteiger partial charge in [-0.05, 0) is 50.6 Å². The molecule has 3 rings (SSSR count). The van der Waals surface area contributed by atoms with Crippen molar-refractivity contribution in [1.82, 2.24) is 4.90 Å². The number of anilines is 1. The van der Waals surface area contributed by atoms with Crippen molar-refractivity contribution in [3.63, 3.8) is 0 Å². The largest absolute Gasteiger partial charge is 0.377 e. The van der Waals surface area contributed by atoms with Crippen molar-refractivity contribution in [2.24, 2.45) is 0 Å². The van der Waals surface area contributed by atoms with Gasteiger partial charge in [0.2, 0.25) is 0 Å². The third-order valence-electron chi connectivity index (χ3n) is 4.39. The van der Waals surface area contributed by atoms with Crippen LogP contribution in [-0.2, 0) is 14.3 Å². The van der Waals surface area contributed by atoms with E-state index in [1.54, 1.807) is 0 Å². The number of hydrogen-bond donors (Lipinski definition) is 1. The third-order valence-corrected chi connectivity index (χ3v) is 4.39. The summed E-state index contributed by atoms with van der Waals surface area (Å²) in [5.41, 5.74) is 2.73. The molecule has 6 heteroatoms. The SMILES string of the molecule is Cc1ccc(C2=C(Nc3ccc(F)cc3)C(=O)N(CCOC(C)C)C2=O)cc1. The van der Waals surface area contributed by atoms with Gasteiger partial charge < -0.3 is 10.1 Å². The number of carbonyl (C=O) groups is 2. The van der Waals surface area contributed by atoms with Gasteiger partial charge in [-0.15, -0.1) is 0 Å². The Morgan fingerprint density at radius 2 is 1.64 bits per heavy atom. The van der Waals surface area contributed by atoms with Crippen LogP contribution < -0.4 is 5.32 Å². The lowest BCUT2D eigenvalue weighted by Gasteiger charge is -2.16. The first-order valence-electron chi connectivity index (χ1n) is 9.18. The molecule has 0 bridgehead atoms. The lowest BCUT2D eigenvalue weighted by Crippen LogP contribution is -2.35. The highest BCUT2D eigenvalue weighted by Gasteiger charge is 2.39. The van der Waals surface area contributed by atoms with E-state index in [9.17, 15) is 14.0 Å². The van der Waals surface area contributed by atoms with E-state index in [0.29, 0.717) is 16.8 Å². The maximum atomic E-state index is 13.2. The van der Waals surface area contributed by atoms with E-state index in [2.05, 4.69) is 5.32 Å². The highest BCUT2D eigenvalue weighted by Crippen LogP contribution is 2.30. The Morgan fingerprint density at radius 3 is 2.25 bits per heavy atom. The summed E-state index contributed by atoms with van der Waals surface area (Å²) in [6, 6.07) is 13.1. The van der Waals surface area contributed by atoms with Gasteiger partial charge in [0, 0.05) is 5.69 Å². The lowest BCUT2D eigenvalue weighted by molar-refractivity contribution is -0.137. The standard InChI is InChI=1S/C22H23FN2O3/c1-14(2)28-13-12-25-21(26)19(16-6-4-15(3)5-7-16)20(22(25)27)24-18-10-8-17(23)9-11-18/h4-11,14,24H,12-13H2,1-3H3. The number of carbonyl (C=O) groups excluding carboxylic acids is 2. The molecule has 0 unspecified atom stereocenters. The van der Waals surface area contributed by atoms with Gasteiger partial charge in [-0.2, -0.15) is 0 Å². The van der Waals surface area contributed by atoms with Crippen LogP contribution in [0.1, 0.15) is 25.0 Å². The van der Waals surface area contributed by atoms with Crippen LogP contribution in [0.15, 0.2) is 54.2 Å². The molecule has 1 aliphatic heterocycles. The van der Waals surface area contributed by atoms with E-state index in [-0.39, 0.29) is 36.7 Å². The number of rotatable bonds is 7. The van der Waals surface area contributed by atoms with Crippen LogP contribution in [0.25, 0.3) is 5.57 Å². The second-order valence-electron chi connectivity index (χ2n) is 6.93. The fraction of sp³-hybridized carbons (Fsp3) is 0.273. The van der Waals surface area contributed by atoms with Crippen molar-refractivity contribution in [2.45, 2.75) is 26.9 Å². The molecule has 146 valence electrons. The predicted octanol–water partition coefficient (Wildman–Crippen LogP) is 3.75. The first-order valence-corrected chi connectivity index (χ1v) is 9.18. The van der Waals surface area contributed by atoms with Gasteiger partial charge >= 0.3 is 0 Å². The van der Waals surface area contributed by atoms with Gasteiger partial charge in [0.25, 0.3) is 11.8 Å². The summed E-state index contributed by atoms with van der Waals surface area (Å²) in [6.07, 6.45) is 0.00847. The third kappa shape index (κ3) is 4.28. The predicted molar refractivity (Wildman–Crippen MR) is 106 cm³/mol. The Labute approximate surface area is 163 Å². The molecule has 0 saturated heterocycles. The highest BCUT2D eigenvalue weighted by molar-refractivity contribution is 6.36. The molecular formula is C22H23FN2O3. The molecular weight excluding hydrogens is 359 g/mol. The second kappa shape index (κ2) is 8.35. The van der Waals surface area contributed by atoms with Crippen molar-refractivity contribution in [3.05, 3.63) is 71.2 Å². The molecule has 1 heterocycles. The fourth-order valence-corrected chi connectivity index (χ4v) is 2.94. The monoisotopic (exact) mass is 382 g/mol. The summed E-state index contributed by atoms with van der Waals surface area (Å²) in [4.78, 5) is 27.2. The molecule has 28 heavy (non-hydrogen) atoms. The summed E-state index contributed by atoms with van der Waals surface area (Å²) >= 11 is 0. The van der Waals surface area contributed by atoms with Crippen molar-refractivity contribution < 1.29 is 18.7 Å². The molecule has 0 fully saturated rings. The average molecular weight is 382 g/mol. The van der Waals surface area contributed by atoms with Crippen LogP contribution in [0.2, 0.25) is 0 Å². The van der Waals surface area contributed by atoms with Gasteiger partial charge in [0.05, 0.1) is 24.8 Å². The van der Waals surface area contributed by atoms with Crippen molar-refractivity contribution >= 4 is 23.1 Å². The Morgan fingerprint density at radius 1 is 1.00 bits per heavy atom. The van der Waals surface area contributed by atoms with Crippen LogP contribution in [0.3, 0.4) is 0 Å². The fourth-order valence-electron chi connectivity index (χ4n) is 2.94. The molecule has 0 aliphatic carbocycles. The van der Waals surface area contributed by atoms with E-state index >= 15 is 0 Å². The minimum Gasteiger partial charge on any atom is -0.377 e. The zero-order valence-corrected chi connectivity index (χ0v) is 16.2. The number of halogens is 1. The van der Waals surface area contributed by atoms with Crippen molar-refractivity contribution in [1.29, 1.82) is 0 Å². The average Bonchev–Trinajstić information content (AvgIpc) is 2.88. The van der Waals surface area contributed by atoms with Crippen LogP contribution in [0, 0.1) is 12.7 Å². The van der Waals surface area contributed by atoms with Gasteiger partial charge in [0.1, 0.15) is 11.5 Å².